The average molecular weight is 319 g/mol. The zero-order valence-electron chi connectivity index (χ0n) is 5.48. The van der Waals surface area contributed by atoms with Gasteiger partial charge in [0.25, 0.3) is 0 Å². The Morgan fingerprint density at radius 1 is 0.615 bits per heavy atom. The minimum Gasteiger partial charge on any atom is -0.870 e. The van der Waals surface area contributed by atoms with Crippen molar-refractivity contribution in [1.82, 2.24) is 0 Å². The van der Waals surface area contributed by atoms with Crippen LogP contribution in [0.1, 0.15) is 0 Å². The summed E-state index contributed by atoms with van der Waals surface area (Å²) >= 11 is 0. The third kappa shape index (κ3) is 3550000. The van der Waals surface area contributed by atoms with Crippen molar-refractivity contribution in [2.45, 2.75) is 0 Å². The van der Waals surface area contributed by atoms with E-state index in [9.17, 15) is 0 Å². The fourth-order valence-electron chi connectivity index (χ4n) is 0. The van der Waals surface area contributed by atoms with Crippen molar-refractivity contribution >= 4 is 12.3 Å². The summed E-state index contributed by atoms with van der Waals surface area (Å²) in [5.74, 6) is 0. The molecule has 0 amide bonds. The van der Waals surface area contributed by atoms with Gasteiger partial charge in [0, 0.05) is 0 Å². The summed E-state index contributed by atoms with van der Waals surface area (Å²) in [5.41, 5.74) is 0. The predicted molar refractivity (Wildman–Crippen MR) is 14.7 cm³/mol. The molecular weight excluding hydrogens is 317 g/mol. The number of hydrogen-bond acceptors (Lipinski definition) is 8. The minimum absolute atomic E-state index is 0. The Kier molecular flexibility index (Phi) is 161. The summed E-state index contributed by atoms with van der Waals surface area (Å²) in [6.07, 6.45) is -4.67. The summed E-state index contributed by atoms with van der Waals surface area (Å²) in [5, 5.41) is 33.3. The maximum absolute atomic E-state index is 8.33. The Hall–Kier alpha value is 0.0184. The second-order valence-electron chi connectivity index (χ2n) is 0.500. The van der Waals surface area contributed by atoms with Crippen LogP contribution in [0.25, 0.3) is 0 Å². The van der Waals surface area contributed by atoms with Crippen molar-refractivity contribution in [3.05, 3.63) is 0 Å². The topological polar surface area (TPSA) is 186 Å². The van der Waals surface area contributed by atoms with Gasteiger partial charge in [-0.25, -0.2) is 0 Å². The first-order chi connectivity index (χ1) is 3.46. The number of rotatable bonds is 0. The van der Waals surface area contributed by atoms with Crippen LogP contribution in [0.4, 0.5) is 9.59 Å². The molecule has 8 nitrogen and oxygen atoms in total. The van der Waals surface area contributed by atoms with Gasteiger partial charge in [-0.05, 0) is 12.3 Å². The smallest absolute Gasteiger partial charge is 0.870 e. The van der Waals surface area contributed by atoms with Crippen LogP contribution in [0.5, 0.6) is 0 Å². The van der Waals surface area contributed by atoms with Crippen molar-refractivity contribution < 1.29 is 92.2 Å². The van der Waals surface area contributed by atoms with Crippen molar-refractivity contribution in [1.29, 1.82) is 0 Å². The van der Waals surface area contributed by atoms with E-state index in [-0.39, 0.29) is 62.2 Å². The Bertz CT molecular complexity index is 75.4. The summed E-state index contributed by atoms with van der Waals surface area (Å²) < 4.78 is 0. The molecule has 0 saturated carbocycles. The fourth-order valence-corrected chi connectivity index (χ4v) is 0. The van der Waals surface area contributed by atoms with E-state index in [4.69, 9.17) is 30.0 Å². The molecule has 0 fully saturated rings. The van der Waals surface area contributed by atoms with Gasteiger partial charge in [-0.2, -0.15) is 0 Å². The molecule has 79 valence electrons. The summed E-state index contributed by atoms with van der Waals surface area (Å²) in [6.45, 7) is 0. The van der Waals surface area contributed by atoms with Gasteiger partial charge in [0.1, 0.15) is 0 Å². The van der Waals surface area contributed by atoms with E-state index in [0.717, 1.165) is 0 Å². The van der Waals surface area contributed by atoms with Gasteiger partial charge in [0.05, 0.1) is 0 Å². The van der Waals surface area contributed by atoms with Crippen LogP contribution in [0.2, 0.25) is 0 Å². The molecule has 2 N–H and O–H groups in total. The van der Waals surface area contributed by atoms with Crippen LogP contribution in [-0.2, 0) is 51.2 Å². The van der Waals surface area contributed by atoms with E-state index in [1.807, 2.05) is 0 Å². The monoisotopic (exact) mass is 319 g/mol. The zero-order chi connectivity index (χ0) is 7.15. The normalized spacial score (nSPS) is 3.69. The van der Waals surface area contributed by atoms with Gasteiger partial charge in [0.2, 0.25) is 0 Å². The molecular formula is C2H2Mn3O8. The first-order valence-corrected chi connectivity index (χ1v) is 1.22. The van der Waals surface area contributed by atoms with Gasteiger partial charge in [0.15, 0.2) is 0 Å². The molecule has 0 aliphatic carbocycles. The van der Waals surface area contributed by atoms with Crippen molar-refractivity contribution in [3.8, 4) is 0 Å². The number of hydrogen-bond donors (Lipinski definition) is 0. The average Bonchev–Trinajstić information content (AvgIpc) is 1.25. The second kappa shape index (κ2) is 40.3. The predicted octanol–water partition coefficient (Wildman–Crippen LogP) is -5.26. The minimum atomic E-state index is -2.33. The van der Waals surface area contributed by atoms with E-state index in [0.29, 0.717) is 0 Å². The molecule has 0 saturated heterocycles. The van der Waals surface area contributed by atoms with Crippen LogP contribution in [0, 0.1) is 0 Å². The van der Waals surface area contributed by atoms with E-state index in [1.54, 1.807) is 0 Å². The molecule has 0 bridgehead atoms. The molecule has 0 aromatic rings. The Labute approximate surface area is 104 Å². The maximum atomic E-state index is 8.33. The second-order valence-corrected chi connectivity index (χ2v) is 0.500. The first-order valence-electron chi connectivity index (χ1n) is 1.22. The summed E-state index contributed by atoms with van der Waals surface area (Å²) in [4.78, 5) is 16.7. The van der Waals surface area contributed by atoms with E-state index >= 15 is 0 Å². The quantitative estimate of drug-likeness (QED) is 0.396. The molecule has 0 unspecified atom stereocenters. The fraction of sp³-hybridized carbons (Fsp3) is 0. The van der Waals surface area contributed by atoms with Gasteiger partial charge < -0.3 is 41.0 Å². The summed E-state index contributed by atoms with van der Waals surface area (Å²) in [6, 6.07) is 0. The van der Waals surface area contributed by atoms with Crippen molar-refractivity contribution in [2.75, 3.05) is 0 Å². The summed E-state index contributed by atoms with van der Waals surface area (Å²) in [7, 11) is 0. The Morgan fingerprint density at radius 2 is 0.615 bits per heavy atom. The van der Waals surface area contributed by atoms with Gasteiger partial charge in [-0.1, -0.05) is 0 Å². The third-order valence-corrected chi connectivity index (χ3v) is 0. The molecule has 0 aliphatic heterocycles. The molecule has 0 aromatic carbocycles. The molecule has 0 atom stereocenters. The van der Waals surface area contributed by atoms with Gasteiger partial charge >= 0.3 is 51.2 Å². The van der Waals surface area contributed by atoms with Crippen molar-refractivity contribution in [3.63, 3.8) is 0 Å². The van der Waals surface area contributed by atoms with Gasteiger partial charge in [-0.15, -0.1) is 0 Å². The van der Waals surface area contributed by atoms with Crippen molar-refractivity contribution in [2.24, 2.45) is 0 Å². The van der Waals surface area contributed by atoms with E-state index < -0.39 is 12.3 Å². The van der Waals surface area contributed by atoms with Crippen LogP contribution in [-0.4, -0.2) is 23.3 Å². The van der Waals surface area contributed by atoms with Crippen LogP contribution in [0.15, 0.2) is 0 Å². The maximum Gasteiger partial charge on any atom is 2.00 e. The SMILES string of the molecule is O=C([O-])[O-].O=C([O-])[O-].[Mn+2].[Mn+2].[Mn+2].[OH-].[OH-]. The molecule has 13 heavy (non-hydrogen) atoms. The zero-order valence-corrected chi connectivity index (χ0v) is 9.02. The van der Waals surface area contributed by atoms with E-state index in [1.165, 1.54) is 0 Å². The molecule has 3 radical (unpaired) electrons. The molecule has 0 aromatic heterocycles. The third-order valence-electron chi connectivity index (χ3n) is 0. The molecule has 11 heteroatoms. The van der Waals surface area contributed by atoms with Crippen LogP contribution in [0.3, 0.4) is 0 Å². The molecule has 0 rings (SSSR count). The standard InChI is InChI=1S/2CH2O3.3Mn.2H2O/c2*2-1(3)4;;;;;/h2*(H2,2,3,4);;;;2*1H2/q;;3*+2;;/p-6. The number of carbonyl (C=O) groups excluding carboxylic acids is 2. The van der Waals surface area contributed by atoms with E-state index in [2.05, 4.69) is 0 Å². The van der Waals surface area contributed by atoms with Crippen LogP contribution < -0.4 is 20.4 Å². The number of carbonyl (C=O) groups is 2. The molecule has 0 spiro atoms. The first kappa shape index (κ1) is 51.9. The molecule has 0 heterocycles. The Balaban J connectivity index is -0.00000000800. The van der Waals surface area contributed by atoms with Crippen LogP contribution >= 0.6 is 0 Å². The Morgan fingerprint density at radius 3 is 0.615 bits per heavy atom. The van der Waals surface area contributed by atoms with Gasteiger partial charge in [-0.3, -0.25) is 0 Å². The largest absolute Gasteiger partial charge is 2.00 e. The molecule has 0 aliphatic rings. The number of carboxylic acid groups (broad SMARTS) is 4.